The maximum atomic E-state index is 13.0. The summed E-state index contributed by atoms with van der Waals surface area (Å²) in [4.78, 5) is 10.4. The van der Waals surface area contributed by atoms with E-state index in [0.717, 1.165) is 31.8 Å². The average molecular weight is 344 g/mol. The highest BCUT2D eigenvalue weighted by Crippen LogP contribution is 2.34. The van der Waals surface area contributed by atoms with E-state index in [9.17, 15) is 4.39 Å². The Hall–Kier alpha value is -1.89. The van der Waals surface area contributed by atoms with Crippen molar-refractivity contribution < 1.29 is 4.39 Å². The van der Waals surface area contributed by atoms with Crippen molar-refractivity contribution >= 4 is 34.0 Å². The van der Waals surface area contributed by atoms with Crippen molar-refractivity contribution in [3.05, 3.63) is 58.4 Å². The van der Waals surface area contributed by atoms with Crippen molar-refractivity contribution in [2.24, 2.45) is 0 Å². The quantitative estimate of drug-likeness (QED) is 0.469. The summed E-state index contributed by atoms with van der Waals surface area (Å²) >= 11 is 4.83. The second-order valence-electron chi connectivity index (χ2n) is 4.56. The molecule has 0 N–H and O–H groups in total. The van der Waals surface area contributed by atoms with Crippen LogP contribution in [0.2, 0.25) is 0 Å². The van der Waals surface area contributed by atoms with Crippen LogP contribution in [0.15, 0.2) is 52.5 Å². The van der Waals surface area contributed by atoms with Gasteiger partial charge in [-0.05, 0) is 35.7 Å². The zero-order chi connectivity index (χ0) is 14.9. The molecule has 3 heterocycles. The van der Waals surface area contributed by atoms with Crippen LogP contribution >= 0.6 is 34.0 Å². The zero-order valence-corrected chi connectivity index (χ0v) is 13.6. The maximum Gasteiger partial charge on any atom is 0.152 e. The van der Waals surface area contributed by atoms with Gasteiger partial charge in [0, 0.05) is 16.3 Å². The summed E-state index contributed by atoms with van der Waals surface area (Å²) in [6.45, 7) is 0. The van der Waals surface area contributed by atoms with Crippen molar-refractivity contribution in [3.8, 4) is 31.8 Å². The predicted molar refractivity (Wildman–Crippen MR) is 91.9 cm³/mol. The summed E-state index contributed by atoms with van der Waals surface area (Å²) < 4.78 is 13.0. The van der Waals surface area contributed by atoms with E-state index >= 15 is 0 Å². The number of halogens is 1. The molecule has 108 valence electrons. The van der Waals surface area contributed by atoms with Crippen LogP contribution in [-0.2, 0) is 0 Å². The fourth-order valence-corrected chi connectivity index (χ4v) is 4.49. The van der Waals surface area contributed by atoms with Gasteiger partial charge in [0.2, 0.25) is 0 Å². The molecule has 0 amide bonds. The molecule has 0 aliphatic rings. The van der Waals surface area contributed by atoms with E-state index in [1.807, 2.05) is 16.8 Å². The van der Waals surface area contributed by atoms with Gasteiger partial charge in [0.1, 0.15) is 5.82 Å². The normalized spacial score (nSPS) is 11.0. The average Bonchev–Trinajstić information content (AvgIpc) is 3.27. The molecule has 4 rings (SSSR count). The zero-order valence-electron chi connectivity index (χ0n) is 11.2. The first-order chi connectivity index (χ1) is 10.8. The Morgan fingerprint density at radius 3 is 2.14 bits per heavy atom. The Kier molecular flexibility index (Phi) is 3.57. The van der Waals surface area contributed by atoms with Crippen LogP contribution in [0.25, 0.3) is 31.8 Å². The summed E-state index contributed by atoms with van der Waals surface area (Å²) in [6, 6.07) is 10.5. The number of thiazole rings is 2. The van der Waals surface area contributed by atoms with Crippen LogP contribution < -0.4 is 0 Å². The van der Waals surface area contributed by atoms with E-state index in [4.69, 9.17) is 0 Å². The van der Waals surface area contributed by atoms with Crippen LogP contribution in [0.3, 0.4) is 0 Å². The Balaban J connectivity index is 1.65. The Morgan fingerprint density at radius 1 is 0.773 bits per heavy atom. The summed E-state index contributed by atoms with van der Waals surface area (Å²) in [6.07, 6.45) is 0. The van der Waals surface area contributed by atoms with E-state index in [1.165, 1.54) is 12.1 Å². The van der Waals surface area contributed by atoms with Gasteiger partial charge in [-0.3, -0.25) is 0 Å². The number of hydrogen-bond donors (Lipinski definition) is 0. The predicted octanol–water partition coefficient (Wildman–Crippen LogP) is 5.80. The first-order valence-corrected chi connectivity index (χ1v) is 9.15. The van der Waals surface area contributed by atoms with Crippen LogP contribution in [0.1, 0.15) is 0 Å². The summed E-state index contributed by atoms with van der Waals surface area (Å²) in [5.41, 5.74) is 2.76. The molecule has 1 aromatic carbocycles. The second kappa shape index (κ2) is 5.72. The third kappa shape index (κ3) is 2.61. The Bertz CT molecular complexity index is 892. The van der Waals surface area contributed by atoms with Crippen LogP contribution in [0.5, 0.6) is 0 Å². The Labute approximate surface area is 138 Å². The molecule has 6 heteroatoms. The topological polar surface area (TPSA) is 25.8 Å². The minimum atomic E-state index is -0.236. The fraction of sp³-hybridized carbons (Fsp3) is 0. The molecule has 22 heavy (non-hydrogen) atoms. The molecule has 0 spiro atoms. The summed E-state index contributed by atoms with van der Waals surface area (Å²) in [5.74, 6) is -0.236. The highest BCUT2D eigenvalue weighted by atomic mass is 32.1. The number of aromatic nitrogens is 2. The fourth-order valence-electron chi connectivity index (χ4n) is 2.03. The lowest BCUT2D eigenvalue weighted by Gasteiger charge is -1.95. The largest absolute Gasteiger partial charge is 0.233 e. The minimum absolute atomic E-state index is 0.236. The third-order valence-electron chi connectivity index (χ3n) is 3.10. The van der Waals surface area contributed by atoms with Gasteiger partial charge < -0.3 is 0 Å². The Morgan fingerprint density at radius 2 is 1.45 bits per heavy atom. The number of rotatable bonds is 3. The third-order valence-corrected chi connectivity index (χ3v) is 5.82. The van der Waals surface area contributed by atoms with Gasteiger partial charge in [-0.1, -0.05) is 6.07 Å². The van der Waals surface area contributed by atoms with E-state index < -0.39 is 0 Å². The lowest BCUT2D eigenvalue weighted by Crippen LogP contribution is -1.80. The number of hydrogen-bond acceptors (Lipinski definition) is 5. The SMILES string of the molecule is Fc1ccc(-c2csc(-c3nc(-c4cccs4)cs3)n2)cc1. The lowest BCUT2D eigenvalue weighted by atomic mass is 10.2. The van der Waals surface area contributed by atoms with Gasteiger partial charge in [0.25, 0.3) is 0 Å². The van der Waals surface area contributed by atoms with E-state index in [-0.39, 0.29) is 5.82 Å². The monoisotopic (exact) mass is 344 g/mol. The highest BCUT2D eigenvalue weighted by Gasteiger charge is 2.12. The maximum absolute atomic E-state index is 13.0. The number of nitrogens with zero attached hydrogens (tertiary/aromatic N) is 2. The second-order valence-corrected chi connectivity index (χ2v) is 7.22. The number of benzene rings is 1. The molecule has 4 aromatic rings. The molecular weight excluding hydrogens is 335 g/mol. The number of thiophene rings is 1. The molecule has 0 aliphatic heterocycles. The van der Waals surface area contributed by atoms with Gasteiger partial charge in [-0.2, -0.15) is 0 Å². The molecule has 0 atom stereocenters. The van der Waals surface area contributed by atoms with E-state index in [1.54, 1.807) is 46.1 Å². The molecule has 3 aromatic heterocycles. The first kappa shape index (κ1) is 13.8. The standard InChI is InChI=1S/C16H9FN2S3/c17-11-5-3-10(4-6-11)12-8-21-15(18-12)16-19-13(9-22-16)14-2-1-7-20-14/h1-9H. The van der Waals surface area contributed by atoms with Gasteiger partial charge >= 0.3 is 0 Å². The minimum Gasteiger partial charge on any atom is -0.233 e. The molecule has 0 saturated heterocycles. The van der Waals surface area contributed by atoms with Crippen molar-refractivity contribution in [1.82, 2.24) is 9.97 Å². The van der Waals surface area contributed by atoms with Crippen molar-refractivity contribution in [2.45, 2.75) is 0 Å². The van der Waals surface area contributed by atoms with Crippen LogP contribution in [0, 0.1) is 5.82 Å². The molecule has 0 radical (unpaired) electrons. The molecule has 0 fully saturated rings. The van der Waals surface area contributed by atoms with Gasteiger partial charge in [0.15, 0.2) is 10.0 Å². The molecule has 0 aliphatic carbocycles. The first-order valence-electron chi connectivity index (χ1n) is 6.51. The van der Waals surface area contributed by atoms with E-state index in [2.05, 4.69) is 21.4 Å². The van der Waals surface area contributed by atoms with Crippen LogP contribution in [-0.4, -0.2) is 9.97 Å². The molecule has 0 bridgehead atoms. The molecule has 2 nitrogen and oxygen atoms in total. The van der Waals surface area contributed by atoms with Gasteiger partial charge in [-0.15, -0.1) is 34.0 Å². The summed E-state index contributed by atoms with van der Waals surface area (Å²) in [5, 5.41) is 7.90. The van der Waals surface area contributed by atoms with Gasteiger partial charge in [0.05, 0.1) is 16.3 Å². The smallest absolute Gasteiger partial charge is 0.152 e. The van der Waals surface area contributed by atoms with Crippen molar-refractivity contribution in [3.63, 3.8) is 0 Å². The van der Waals surface area contributed by atoms with Crippen molar-refractivity contribution in [2.75, 3.05) is 0 Å². The van der Waals surface area contributed by atoms with Crippen molar-refractivity contribution in [1.29, 1.82) is 0 Å². The molecule has 0 saturated carbocycles. The molecule has 0 unspecified atom stereocenters. The lowest BCUT2D eigenvalue weighted by molar-refractivity contribution is 0.628. The van der Waals surface area contributed by atoms with Crippen LogP contribution in [0.4, 0.5) is 4.39 Å². The highest BCUT2D eigenvalue weighted by molar-refractivity contribution is 7.20. The van der Waals surface area contributed by atoms with Gasteiger partial charge in [-0.25, -0.2) is 14.4 Å². The van der Waals surface area contributed by atoms with E-state index in [0.29, 0.717) is 0 Å². The summed E-state index contributed by atoms with van der Waals surface area (Å²) in [7, 11) is 0. The molecular formula is C16H9FN2S3.